The molecule has 0 saturated heterocycles. The summed E-state index contributed by atoms with van der Waals surface area (Å²) in [5.41, 5.74) is -0.688. The lowest BCUT2D eigenvalue weighted by Crippen LogP contribution is -2.34. The van der Waals surface area contributed by atoms with Gasteiger partial charge >= 0.3 is 5.97 Å². The second-order valence-corrected chi connectivity index (χ2v) is 5.39. The van der Waals surface area contributed by atoms with E-state index in [-0.39, 0.29) is 12.4 Å². The highest BCUT2D eigenvalue weighted by Crippen LogP contribution is 2.21. The zero-order valence-corrected chi connectivity index (χ0v) is 12.0. The number of ketones is 1. The molecule has 0 aliphatic rings. The molecule has 1 unspecified atom stereocenters. The molecule has 0 spiro atoms. The van der Waals surface area contributed by atoms with Gasteiger partial charge in [0.05, 0.1) is 6.61 Å². The molecule has 0 N–H and O–H groups in total. The van der Waals surface area contributed by atoms with Gasteiger partial charge in [0.15, 0.2) is 10.7 Å². The molecule has 0 amide bonds. The average Bonchev–Trinajstić information content (AvgIpc) is 2.26. The lowest BCUT2D eigenvalue weighted by molar-refractivity contribution is -0.153. The fraction of sp³-hybridized carbons (Fsp3) is 0.538. The van der Waals surface area contributed by atoms with E-state index in [1.807, 2.05) is 0 Å². The van der Waals surface area contributed by atoms with Crippen molar-refractivity contribution in [3.05, 3.63) is 25.3 Å². The molecular weight excluding hydrogens is 252 g/mol. The van der Waals surface area contributed by atoms with E-state index >= 15 is 0 Å². The van der Waals surface area contributed by atoms with Crippen LogP contribution in [0.15, 0.2) is 25.3 Å². The molecule has 0 rings (SSSR count). The number of rotatable bonds is 8. The Labute approximate surface area is 113 Å². The third-order valence-electron chi connectivity index (χ3n) is 2.27. The molecule has 5 heteroatoms. The van der Waals surface area contributed by atoms with E-state index < -0.39 is 16.5 Å². The molecule has 0 aliphatic heterocycles. The van der Waals surface area contributed by atoms with Gasteiger partial charge in [0.1, 0.15) is 5.60 Å². The molecular formula is C13H20O4S. The van der Waals surface area contributed by atoms with Crippen LogP contribution >= 0.6 is 12.6 Å². The number of carbonyl (C=O) groups excluding carboxylic acids is 2. The van der Waals surface area contributed by atoms with Crippen molar-refractivity contribution in [1.29, 1.82) is 0 Å². The highest BCUT2D eigenvalue weighted by Gasteiger charge is 2.29. The Hall–Kier alpha value is -1.07. The molecule has 0 saturated carbocycles. The van der Waals surface area contributed by atoms with Crippen LogP contribution in [0.2, 0.25) is 0 Å². The second-order valence-electron chi connectivity index (χ2n) is 4.53. The van der Waals surface area contributed by atoms with Gasteiger partial charge in [-0.1, -0.05) is 13.2 Å². The highest BCUT2D eigenvalue weighted by molar-refractivity contribution is 7.82. The standard InChI is InChI=1S/C13H20O4S/c1-6-10(14)13(5,18)16-9-8-12(3,4)17-11(15)7-2/h6-7,18H,1-2,8-9H2,3-5H3. The Bertz CT molecular complexity index is 345. The van der Waals surface area contributed by atoms with Crippen LogP contribution < -0.4 is 0 Å². The number of ether oxygens (including phenoxy) is 2. The van der Waals surface area contributed by atoms with Crippen molar-refractivity contribution < 1.29 is 19.1 Å². The summed E-state index contributed by atoms with van der Waals surface area (Å²) in [6.45, 7) is 12.0. The van der Waals surface area contributed by atoms with E-state index in [4.69, 9.17) is 9.47 Å². The minimum Gasteiger partial charge on any atom is -0.456 e. The van der Waals surface area contributed by atoms with Gasteiger partial charge in [-0.3, -0.25) is 4.79 Å². The number of hydrogen-bond donors (Lipinski definition) is 1. The number of esters is 1. The van der Waals surface area contributed by atoms with Crippen LogP contribution in [0, 0.1) is 0 Å². The fourth-order valence-electron chi connectivity index (χ4n) is 1.12. The molecule has 0 aromatic heterocycles. The SMILES string of the molecule is C=CC(=O)OC(C)(C)CCOC(C)(S)C(=O)C=C. The molecule has 4 nitrogen and oxygen atoms in total. The van der Waals surface area contributed by atoms with E-state index in [1.54, 1.807) is 20.8 Å². The van der Waals surface area contributed by atoms with Crippen molar-refractivity contribution >= 4 is 24.4 Å². The van der Waals surface area contributed by atoms with E-state index in [2.05, 4.69) is 25.8 Å². The van der Waals surface area contributed by atoms with Gasteiger partial charge in [-0.15, -0.1) is 12.6 Å². The summed E-state index contributed by atoms with van der Waals surface area (Å²) in [6.07, 6.45) is 2.70. The maximum absolute atomic E-state index is 11.4. The highest BCUT2D eigenvalue weighted by atomic mass is 32.1. The van der Waals surface area contributed by atoms with Gasteiger partial charge in [0.25, 0.3) is 0 Å². The van der Waals surface area contributed by atoms with Crippen molar-refractivity contribution in [2.75, 3.05) is 6.61 Å². The summed E-state index contributed by atoms with van der Waals surface area (Å²) >= 11 is 4.11. The predicted molar refractivity (Wildman–Crippen MR) is 73.5 cm³/mol. The van der Waals surface area contributed by atoms with Gasteiger partial charge in [0, 0.05) is 12.5 Å². The number of thiol groups is 1. The molecule has 0 aromatic rings. The first-order chi connectivity index (χ1) is 8.14. The van der Waals surface area contributed by atoms with Crippen molar-refractivity contribution in [1.82, 2.24) is 0 Å². The maximum Gasteiger partial charge on any atom is 0.330 e. The Balaban J connectivity index is 4.25. The van der Waals surface area contributed by atoms with E-state index in [9.17, 15) is 9.59 Å². The van der Waals surface area contributed by atoms with Gasteiger partial charge < -0.3 is 9.47 Å². The average molecular weight is 272 g/mol. The van der Waals surface area contributed by atoms with Gasteiger partial charge in [-0.25, -0.2) is 4.79 Å². The molecule has 0 aliphatic carbocycles. The molecule has 0 bridgehead atoms. The van der Waals surface area contributed by atoms with Crippen molar-refractivity contribution in [3.63, 3.8) is 0 Å². The first-order valence-electron chi connectivity index (χ1n) is 5.53. The summed E-state index contributed by atoms with van der Waals surface area (Å²) < 4.78 is 10.5. The monoisotopic (exact) mass is 272 g/mol. The van der Waals surface area contributed by atoms with Gasteiger partial charge in [0.2, 0.25) is 0 Å². The summed E-state index contributed by atoms with van der Waals surface area (Å²) in [4.78, 5) is 21.3. The normalized spacial score (nSPS) is 14.4. The minimum atomic E-state index is -1.21. The Morgan fingerprint density at radius 2 is 1.78 bits per heavy atom. The Morgan fingerprint density at radius 3 is 2.22 bits per heavy atom. The summed E-state index contributed by atoms with van der Waals surface area (Å²) in [5, 5.41) is 0. The van der Waals surface area contributed by atoms with Crippen molar-refractivity contribution in [2.45, 2.75) is 37.7 Å². The van der Waals surface area contributed by atoms with Crippen LogP contribution in [0.4, 0.5) is 0 Å². The van der Waals surface area contributed by atoms with Crippen LogP contribution in [0.5, 0.6) is 0 Å². The Kier molecular flexibility index (Phi) is 6.35. The van der Waals surface area contributed by atoms with Gasteiger partial charge in [-0.2, -0.15) is 0 Å². The zero-order chi connectivity index (χ0) is 14.4. The zero-order valence-electron chi connectivity index (χ0n) is 11.1. The van der Waals surface area contributed by atoms with Crippen LogP contribution in [-0.4, -0.2) is 28.9 Å². The first-order valence-corrected chi connectivity index (χ1v) is 5.98. The maximum atomic E-state index is 11.4. The van der Waals surface area contributed by atoms with Crippen molar-refractivity contribution in [2.24, 2.45) is 0 Å². The smallest absolute Gasteiger partial charge is 0.330 e. The lowest BCUT2D eigenvalue weighted by Gasteiger charge is -2.27. The molecule has 102 valence electrons. The summed E-state index contributed by atoms with van der Waals surface area (Å²) in [6, 6.07) is 0. The number of carbonyl (C=O) groups is 2. The molecule has 0 radical (unpaired) electrons. The molecule has 1 atom stereocenters. The summed E-state index contributed by atoms with van der Waals surface area (Å²) in [7, 11) is 0. The topological polar surface area (TPSA) is 52.6 Å². The predicted octanol–water partition coefficient (Wildman–Crippen LogP) is 2.30. The quantitative estimate of drug-likeness (QED) is 0.319. The minimum absolute atomic E-state index is 0.233. The Morgan fingerprint density at radius 1 is 1.22 bits per heavy atom. The van der Waals surface area contributed by atoms with Gasteiger partial charge in [-0.05, 0) is 26.8 Å². The van der Waals surface area contributed by atoms with E-state index in [0.29, 0.717) is 6.42 Å². The van der Waals surface area contributed by atoms with E-state index in [0.717, 1.165) is 12.2 Å². The number of hydrogen-bond acceptors (Lipinski definition) is 5. The van der Waals surface area contributed by atoms with Crippen LogP contribution in [0.25, 0.3) is 0 Å². The molecule has 18 heavy (non-hydrogen) atoms. The third-order valence-corrected chi connectivity index (χ3v) is 2.62. The molecule has 0 fully saturated rings. The van der Waals surface area contributed by atoms with Crippen LogP contribution in [0.1, 0.15) is 27.2 Å². The second kappa shape index (κ2) is 6.75. The first kappa shape index (κ1) is 16.9. The lowest BCUT2D eigenvalue weighted by atomic mass is 10.1. The molecule has 0 heterocycles. The largest absolute Gasteiger partial charge is 0.456 e. The van der Waals surface area contributed by atoms with Crippen molar-refractivity contribution in [3.8, 4) is 0 Å². The van der Waals surface area contributed by atoms with Crippen LogP contribution in [-0.2, 0) is 19.1 Å². The van der Waals surface area contributed by atoms with Crippen LogP contribution in [0.3, 0.4) is 0 Å². The fourth-order valence-corrected chi connectivity index (χ4v) is 1.30. The molecule has 0 aromatic carbocycles. The van der Waals surface area contributed by atoms with E-state index in [1.165, 1.54) is 0 Å². The third kappa shape index (κ3) is 6.02. The summed E-state index contributed by atoms with van der Waals surface area (Å²) in [5.74, 6) is -0.803.